The summed E-state index contributed by atoms with van der Waals surface area (Å²) >= 11 is 1.77. The Morgan fingerprint density at radius 2 is 1.96 bits per heavy atom. The molecule has 3 rings (SSSR count). The molecule has 0 aliphatic carbocycles. The van der Waals surface area contributed by atoms with Gasteiger partial charge < -0.3 is 15.4 Å². The average Bonchev–Trinajstić information content (AvgIpc) is 2.64. The molecule has 5 heteroatoms. The highest BCUT2D eigenvalue weighted by atomic mass is 32.2. The first-order valence-electron chi connectivity index (χ1n) is 8.23. The molecular formula is C19H22N2O2S. The second-order valence-corrected chi connectivity index (χ2v) is 6.93. The number of thioether (sulfide) groups is 1. The van der Waals surface area contributed by atoms with Crippen molar-refractivity contribution >= 4 is 23.4 Å². The number of morpholine rings is 1. The summed E-state index contributed by atoms with van der Waals surface area (Å²) in [4.78, 5) is 13.5. The summed E-state index contributed by atoms with van der Waals surface area (Å²) in [6.07, 6.45) is 0.0899. The van der Waals surface area contributed by atoms with Gasteiger partial charge in [0.15, 0.2) is 0 Å². The SMILES string of the molecule is CCSc1ccc(C(=O)Nc2ccc(C3CNCCO3)cc2)cc1. The molecule has 1 saturated heterocycles. The van der Waals surface area contributed by atoms with E-state index in [-0.39, 0.29) is 12.0 Å². The molecule has 24 heavy (non-hydrogen) atoms. The number of hydrogen-bond acceptors (Lipinski definition) is 4. The van der Waals surface area contributed by atoms with Gasteiger partial charge in [-0.1, -0.05) is 19.1 Å². The van der Waals surface area contributed by atoms with Crippen LogP contribution in [0, 0.1) is 0 Å². The van der Waals surface area contributed by atoms with E-state index >= 15 is 0 Å². The number of ether oxygens (including phenoxy) is 1. The topological polar surface area (TPSA) is 50.4 Å². The molecule has 4 nitrogen and oxygen atoms in total. The normalized spacial score (nSPS) is 17.5. The molecule has 0 aromatic heterocycles. The van der Waals surface area contributed by atoms with Crippen molar-refractivity contribution < 1.29 is 9.53 Å². The van der Waals surface area contributed by atoms with E-state index in [2.05, 4.69) is 17.6 Å². The highest BCUT2D eigenvalue weighted by Gasteiger charge is 2.15. The second kappa shape index (κ2) is 8.33. The monoisotopic (exact) mass is 342 g/mol. The molecule has 2 N–H and O–H groups in total. The highest BCUT2D eigenvalue weighted by molar-refractivity contribution is 7.99. The minimum atomic E-state index is -0.0913. The van der Waals surface area contributed by atoms with Crippen LogP contribution in [-0.2, 0) is 4.74 Å². The van der Waals surface area contributed by atoms with Gasteiger partial charge in [-0.3, -0.25) is 4.79 Å². The van der Waals surface area contributed by atoms with Gasteiger partial charge in [0.2, 0.25) is 0 Å². The van der Waals surface area contributed by atoms with Gasteiger partial charge >= 0.3 is 0 Å². The number of anilines is 1. The third kappa shape index (κ3) is 4.38. The first kappa shape index (κ1) is 17.0. The Kier molecular flexibility index (Phi) is 5.91. The van der Waals surface area contributed by atoms with Crippen molar-refractivity contribution in [2.45, 2.75) is 17.9 Å². The Bertz CT molecular complexity index is 665. The summed E-state index contributed by atoms with van der Waals surface area (Å²) in [6.45, 7) is 4.58. The summed E-state index contributed by atoms with van der Waals surface area (Å²) in [5.41, 5.74) is 2.58. The van der Waals surface area contributed by atoms with E-state index in [1.807, 2.05) is 48.5 Å². The molecule has 2 aromatic carbocycles. The van der Waals surface area contributed by atoms with E-state index < -0.39 is 0 Å². The summed E-state index contributed by atoms with van der Waals surface area (Å²) < 4.78 is 5.73. The molecule has 1 aliphatic heterocycles. The Hall–Kier alpha value is -1.82. The fourth-order valence-corrected chi connectivity index (χ4v) is 3.29. The van der Waals surface area contributed by atoms with Crippen LogP contribution in [-0.4, -0.2) is 31.4 Å². The minimum Gasteiger partial charge on any atom is -0.371 e. The third-order valence-corrected chi connectivity index (χ3v) is 4.79. The lowest BCUT2D eigenvalue weighted by Gasteiger charge is -2.24. The standard InChI is InChI=1S/C19H22N2O2S/c1-2-24-17-9-5-15(6-10-17)19(22)21-16-7-3-14(4-8-16)18-13-20-11-12-23-18/h3-10,18,20H,2,11-13H2,1H3,(H,21,22). The van der Waals surface area contributed by atoms with Crippen LogP contribution in [0.5, 0.6) is 0 Å². The van der Waals surface area contributed by atoms with Crippen molar-refractivity contribution in [1.82, 2.24) is 5.32 Å². The number of rotatable bonds is 5. The van der Waals surface area contributed by atoms with Crippen LogP contribution in [0.4, 0.5) is 5.69 Å². The lowest BCUT2D eigenvalue weighted by Crippen LogP contribution is -2.33. The minimum absolute atomic E-state index is 0.0899. The Balaban J connectivity index is 1.61. The predicted octanol–water partition coefficient (Wildman–Crippen LogP) is 3.71. The van der Waals surface area contributed by atoms with Crippen LogP contribution < -0.4 is 10.6 Å². The van der Waals surface area contributed by atoms with E-state index in [0.717, 1.165) is 36.7 Å². The molecule has 1 atom stereocenters. The first-order valence-corrected chi connectivity index (χ1v) is 9.21. The zero-order valence-corrected chi connectivity index (χ0v) is 14.6. The maximum atomic E-state index is 12.3. The van der Waals surface area contributed by atoms with Gasteiger partial charge in [0, 0.05) is 29.2 Å². The summed E-state index contributed by atoms with van der Waals surface area (Å²) in [7, 11) is 0. The molecule has 126 valence electrons. The molecule has 1 unspecified atom stereocenters. The Morgan fingerprint density at radius 1 is 1.21 bits per heavy atom. The van der Waals surface area contributed by atoms with Gasteiger partial charge in [0.25, 0.3) is 5.91 Å². The lowest BCUT2D eigenvalue weighted by atomic mass is 10.1. The van der Waals surface area contributed by atoms with Crippen molar-refractivity contribution in [3.63, 3.8) is 0 Å². The molecule has 1 heterocycles. The van der Waals surface area contributed by atoms with Crippen LogP contribution in [0.3, 0.4) is 0 Å². The van der Waals surface area contributed by atoms with E-state index in [0.29, 0.717) is 5.56 Å². The van der Waals surface area contributed by atoms with Crippen LogP contribution >= 0.6 is 11.8 Å². The highest BCUT2D eigenvalue weighted by Crippen LogP contribution is 2.22. The zero-order chi connectivity index (χ0) is 16.8. The number of hydrogen-bond donors (Lipinski definition) is 2. The molecule has 0 bridgehead atoms. The molecule has 1 aliphatic rings. The zero-order valence-electron chi connectivity index (χ0n) is 13.7. The van der Waals surface area contributed by atoms with E-state index in [4.69, 9.17) is 4.74 Å². The number of carbonyl (C=O) groups is 1. The van der Waals surface area contributed by atoms with Gasteiger partial charge in [-0.25, -0.2) is 0 Å². The Labute approximate surface area is 147 Å². The summed E-state index contributed by atoms with van der Waals surface area (Å²) in [6, 6.07) is 15.6. The maximum absolute atomic E-state index is 12.3. The van der Waals surface area contributed by atoms with Gasteiger partial charge in [-0.2, -0.15) is 0 Å². The molecule has 0 spiro atoms. The average molecular weight is 342 g/mol. The Morgan fingerprint density at radius 3 is 2.58 bits per heavy atom. The third-order valence-electron chi connectivity index (χ3n) is 3.90. The maximum Gasteiger partial charge on any atom is 0.255 e. The van der Waals surface area contributed by atoms with Crippen molar-refractivity contribution in [2.24, 2.45) is 0 Å². The molecule has 0 saturated carbocycles. The lowest BCUT2D eigenvalue weighted by molar-refractivity contribution is 0.0277. The first-order chi connectivity index (χ1) is 11.8. The second-order valence-electron chi connectivity index (χ2n) is 5.60. The molecular weight excluding hydrogens is 320 g/mol. The summed E-state index contributed by atoms with van der Waals surface area (Å²) in [5.74, 6) is 0.935. The van der Waals surface area contributed by atoms with E-state index in [1.165, 1.54) is 4.90 Å². The van der Waals surface area contributed by atoms with Gasteiger partial charge in [-0.05, 0) is 47.7 Å². The number of amides is 1. The van der Waals surface area contributed by atoms with Crippen molar-refractivity contribution in [1.29, 1.82) is 0 Å². The molecule has 1 amide bonds. The van der Waals surface area contributed by atoms with Crippen molar-refractivity contribution in [3.8, 4) is 0 Å². The fourth-order valence-electron chi connectivity index (χ4n) is 2.63. The number of carbonyl (C=O) groups excluding carboxylic acids is 1. The quantitative estimate of drug-likeness (QED) is 0.813. The van der Waals surface area contributed by atoms with Gasteiger partial charge in [-0.15, -0.1) is 11.8 Å². The molecule has 0 radical (unpaired) electrons. The largest absolute Gasteiger partial charge is 0.371 e. The molecule has 1 fully saturated rings. The smallest absolute Gasteiger partial charge is 0.255 e. The van der Waals surface area contributed by atoms with Crippen molar-refractivity contribution in [3.05, 3.63) is 59.7 Å². The van der Waals surface area contributed by atoms with Gasteiger partial charge in [0.05, 0.1) is 12.7 Å². The molecule has 2 aromatic rings. The van der Waals surface area contributed by atoms with E-state index in [9.17, 15) is 4.79 Å². The van der Waals surface area contributed by atoms with E-state index in [1.54, 1.807) is 11.8 Å². The van der Waals surface area contributed by atoms with Gasteiger partial charge in [0.1, 0.15) is 0 Å². The van der Waals surface area contributed by atoms with Crippen LogP contribution in [0.25, 0.3) is 0 Å². The van der Waals surface area contributed by atoms with Crippen LogP contribution in [0.1, 0.15) is 28.9 Å². The summed E-state index contributed by atoms with van der Waals surface area (Å²) in [5, 5.41) is 6.26. The number of nitrogens with one attached hydrogen (secondary N) is 2. The van der Waals surface area contributed by atoms with Crippen molar-refractivity contribution in [2.75, 3.05) is 30.8 Å². The predicted molar refractivity (Wildman–Crippen MR) is 98.8 cm³/mol. The van der Waals surface area contributed by atoms with Crippen LogP contribution in [0.2, 0.25) is 0 Å². The fraction of sp³-hybridized carbons (Fsp3) is 0.316. The van der Waals surface area contributed by atoms with Crippen LogP contribution in [0.15, 0.2) is 53.4 Å². The number of benzene rings is 2.